The smallest absolute Gasteiger partial charge is 0.325 e. The summed E-state index contributed by atoms with van der Waals surface area (Å²) in [6.07, 6.45) is 0.920. The molecule has 2 aromatic rings. The topological polar surface area (TPSA) is 139 Å². The maximum Gasteiger partial charge on any atom is 0.325 e. The van der Waals surface area contributed by atoms with Crippen molar-refractivity contribution in [1.82, 2.24) is 14.5 Å². The molecule has 0 aromatic heterocycles. The van der Waals surface area contributed by atoms with Gasteiger partial charge >= 0.3 is 5.97 Å². The zero-order valence-electron chi connectivity index (χ0n) is 20.8. The first-order valence-electron chi connectivity index (χ1n) is 12.1. The van der Waals surface area contributed by atoms with E-state index in [-0.39, 0.29) is 55.6 Å². The highest BCUT2D eigenvalue weighted by Crippen LogP contribution is 2.36. The monoisotopic (exact) mass is 530 g/mol. The van der Waals surface area contributed by atoms with Gasteiger partial charge in [0.1, 0.15) is 6.54 Å². The zero-order valence-corrected chi connectivity index (χ0v) is 21.6. The molecule has 0 bridgehead atoms. The summed E-state index contributed by atoms with van der Waals surface area (Å²) in [7, 11) is -4.01. The lowest BCUT2D eigenvalue weighted by molar-refractivity contribution is -0.385. The quantitative estimate of drug-likeness (QED) is 0.311. The third-order valence-corrected chi connectivity index (χ3v) is 8.99. The molecule has 2 heterocycles. The minimum Gasteiger partial charge on any atom is -0.465 e. The molecule has 2 aliphatic rings. The molecular weight excluding hydrogens is 500 g/mol. The van der Waals surface area contributed by atoms with Crippen LogP contribution in [0.5, 0.6) is 0 Å². The van der Waals surface area contributed by atoms with Crippen molar-refractivity contribution in [2.75, 3.05) is 26.2 Å². The number of sulfonamides is 1. The number of nitrogens with one attached hydrogen (secondary N) is 1. The molecule has 1 atom stereocenters. The fourth-order valence-corrected chi connectivity index (χ4v) is 6.73. The maximum atomic E-state index is 13.4. The van der Waals surface area contributed by atoms with Crippen molar-refractivity contribution in [3.05, 3.63) is 69.8 Å². The number of esters is 1. The molecule has 37 heavy (non-hydrogen) atoms. The van der Waals surface area contributed by atoms with E-state index in [1.54, 1.807) is 13.8 Å². The minimum absolute atomic E-state index is 0.0716. The fraction of sp³-hybridized carbons (Fsp3) is 0.440. The van der Waals surface area contributed by atoms with Gasteiger partial charge < -0.3 is 9.64 Å². The number of piperidine rings is 1. The number of non-ortho nitro benzene ring substituents is 1. The summed E-state index contributed by atoms with van der Waals surface area (Å²) in [5, 5.41) is 14.6. The summed E-state index contributed by atoms with van der Waals surface area (Å²) < 4.78 is 33.2. The van der Waals surface area contributed by atoms with Crippen LogP contribution in [0.1, 0.15) is 30.9 Å². The van der Waals surface area contributed by atoms with Gasteiger partial charge in [-0.05, 0) is 44.2 Å². The van der Waals surface area contributed by atoms with Crippen LogP contribution in [-0.2, 0) is 30.8 Å². The number of aryl methyl sites for hydroxylation is 1. The van der Waals surface area contributed by atoms with Crippen LogP contribution in [0.15, 0.2) is 53.4 Å². The molecule has 1 unspecified atom stereocenters. The van der Waals surface area contributed by atoms with E-state index in [1.807, 2.05) is 30.3 Å². The largest absolute Gasteiger partial charge is 0.465 e. The number of ether oxygens (including phenoxy) is 1. The van der Waals surface area contributed by atoms with Crippen molar-refractivity contribution in [2.45, 2.75) is 49.7 Å². The number of nitro groups is 1. The lowest BCUT2D eigenvalue weighted by Crippen LogP contribution is -2.60. The normalized spacial score (nSPS) is 19.8. The molecule has 4 rings (SSSR count). The summed E-state index contributed by atoms with van der Waals surface area (Å²) in [6, 6.07) is 12.7. The zero-order chi connectivity index (χ0) is 26.8. The van der Waals surface area contributed by atoms with E-state index in [9.17, 15) is 28.1 Å². The number of amides is 1. The number of rotatable bonds is 8. The van der Waals surface area contributed by atoms with E-state index < -0.39 is 32.6 Å². The first-order valence-corrected chi connectivity index (χ1v) is 13.6. The average Bonchev–Trinajstić information content (AvgIpc) is 3.10. The molecule has 1 spiro atoms. The predicted octanol–water partition coefficient (Wildman–Crippen LogP) is 1.99. The number of nitrogens with zero attached hydrogens (tertiary/aromatic N) is 3. The molecule has 2 aliphatic heterocycles. The van der Waals surface area contributed by atoms with Gasteiger partial charge in [0.15, 0.2) is 0 Å². The molecule has 0 radical (unpaired) electrons. The summed E-state index contributed by atoms with van der Waals surface area (Å²) >= 11 is 0. The molecule has 12 heteroatoms. The van der Waals surface area contributed by atoms with Gasteiger partial charge in [0.05, 0.1) is 28.1 Å². The molecule has 2 fully saturated rings. The lowest BCUT2D eigenvalue weighted by Gasteiger charge is -2.43. The van der Waals surface area contributed by atoms with Gasteiger partial charge in [-0.1, -0.05) is 36.4 Å². The van der Waals surface area contributed by atoms with Crippen molar-refractivity contribution < 1.29 is 27.7 Å². The minimum atomic E-state index is -4.01. The third kappa shape index (κ3) is 5.36. The number of nitro benzene ring substituents is 1. The lowest BCUT2D eigenvalue weighted by atomic mass is 9.97. The molecule has 2 saturated heterocycles. The van der Waals surface area contributed by atoms with Crippen LogP contribution >= 0.6 is 0 Å². The second-order valence-corrected chi connectivity index (χ2v) is 11.2. The standard InChI is InChI=1S/C25H30N4O7S/c1-3-36-23(30)17-28-24(31)21(15-19-7-5-4-6-8-19)26-25(28)11-13-27(14-12-25)37(34,35)22-16-20(29(32)33)10-9-18(22)2/h4-10,16,21,26H,3,11-15,17H2,1-2H3. The van der Waals surface area contributed by atoms with Crippen LogP contribution in [-0.4, -0.2) is 72.4 Å². The predicted molar refractivity (Wildman–Crippen MR) is 134 cm³/mol. The number of hydrogen-bond donors (Lipinski definition) is 1. The SMILES string of the molecule is CCOC(=O)CN1C(=O)C(Cc2ccccc2)NC12CCN(S(=O)(=O)c1cc([N+](=O)[O-])ccc1C)CC2. The van der Waals surface area contributed by atoms with Crippen LogP contribution < -0.4 is 5.32 Å². The Bertz CT molecular complexity index is 1290. The van der Waals surface area contributed by atoms with E-state index in [0.29, 0.717) is 12.0 Å². The Morgan fingerprint density at radius 3 is 2.49 bits per heavy atom. The van der Waals surface area contributed by atoms with Crippen molar-refractivity contribution in [1.29, 1.82) is 0 Å². The summed E-state index contributed by atoms with van der Waals surface area (Å²) in [5.74, 6) is -0.762. The average molecular weight is 531 g/mol. The molecule has 2 aromatic carbocycles. The second-order valence-electron chi connectivity index (χ2n) is 9.26. The summed E-state index contributed by atoms with van der Waals surface area (Å²) in [5.41, 5.74) is 0.159. The Morgan fingerprint density at radius 1 is 1.19 bits per heavy atom. The van der Waals surface area contributed by atoms with E-state index in [2.05, 4.69) is 5.32 Å². The van der Waals surface area contributed by atoms with Gasteiger partial charge in [-0.15, -0.1) is 0 Å². The second kappa shape index (κ2) is 10.6. The fourth-order valence-electron chi connectivity index (χ4n) is 5.05. The van der Waals surface area contributed by atoms with Crippen molar-refractivity contribution in [2.24, 2.45) is 0 Å². The Labute approximate surface area is 215 Å². The molecule has 198 valence electrons. The highest BCUT2D eigenvalue weighted by Gasteiger charge is 2.53. The number of benzene rings is 2. The van der Waals surface area contributed by atoms with Crippen LogP contribution in [0.25, 0.3) is 0 Å². The van der Waals surface area contributed by atoms with E-state index >= 15 is 0 Å². The maximum absolute atomic E-state index is 13.4. The van der Waals surface area contributed by atoms with Gasteiger partial charge in [-0.25, -0.2) is 8.42 Å². The Morgan fingerprint density at radius 2 is 1.86 bits per heavy atom. The van der Waals surface area contributed by atoms with Gasteiger partial charge in [0.2, 0.25) is 15.9 Å². The molecule has 11 nitrogen and oxygen atoms in total. The van der Waals surface area contributed by atoms with E-state index in [0.717, 1.165) is 11.6 Å². The van der Waals surface area contributed by atoms with Crippen molar-refractivity contribution in [3.8, 4) is 0 Å². The summed E-state index contributed by atoms with van der Waals surface area (Å²) in [4.78, 5) is 37.8. The number of carbonyl (C=O) groups excluding carboxylic acids is 2. The number of carbonyl (C=O) groups is 2. The van der Waals surface area contributed by atoms with Crippen molar-refractivity contribution >= 4 is 27.6 Å². The van der Waals surface area contributed by atoms with Gasteiger partial charge in [-0.2, -0.15) is 4.31 Å². The van der Waals surface area contributed by atoms with E-state index in [4.69, 9.17) is 4.74 Å². The molecule has 1 amide bonds. The van der Waals surface area contributed by atoms with Gasteiger partial charge in [0.25, 0.3) is 5.69 Å². The molecule has 0 saturated carbocycles. The van der Waals surface area contributed by atoms with Gasteiger partial charge in [-0.3, -0.25) is 25.0 Å². The van der Waals surface area contributed by atoms with Gasteiger partial charge in [0, 0.05) is 25.2 Å². The van der Waals surface area contributed by atoms with E-state index in [1.165, 1.54) is 21.3 Å². The van der Waals surface area contributed by atoms with Crippen LogP contribution in [0.3, 0.4) is 0 Å². The first-order chi connectivity index (χ1) is 17.6. The van der Waals surface area contributed by atoms with Crippen LogP contribution in [0.4, 0.5) is 5.69 Å². The van der Waals surface area contributed by atoms with Crippen LogP contribution in [0, 0.1) is 17.0 Å². The van der Waals surface area contributed by atoms with Crippen molar-refractivity contribution in [3.63, 3.8) is 0 Å². The Hall–Kier alpha value is -3.35. The number of hydrogen-bond acceptors (Lipinski definition) is 8. The molecule has 0 aliphatic carbocycles. The molecular formula is C25H30N4O7S. The first kappa shape index (κ1) is 26.7. The Kier molecular flexibility index (Phi) is 7.62. The van der Waals surface area contributed by atoms with Crippen LogP contribution in [0.2, 0.25) is 0 Å². The third-order valence-electron chi connectivity index (χ3n) is 6.95. The Balaban J connectivity index is 1.57. The molecule has 1 N–H and O–H groups in total. The summed E-state index contributed by atoms with van der Waals surface area (Å²) in [6.45, 7) is 3.37. The highest BCUT2D eigenvalue weighted by molar-refractivity contribution is 7.89. The highest BCUT2D eigenvalue weighted by atomic mass is 32.2.